The molecular formula is C11H13ClF3NO. The van der Waals surface area contributed by atoms with Gasteiger partial charge in [-0.15, -0.1) is 24.8 Å². The number of ether oxygens (including phenoxy) is 1. The van der Waals surface area contributed by atoms with Crippen molar-refractivity contribution in [1.29, 1.82) is 0 Å². The van der Waals surface area contributed by atoms with E-state index in [2.05, 4.69) is 10.1 Å². The molecule has 96 valence electrons. The van der Waals surface area contributed by atoms with Crippen LogP contribution >= 0.6 is 11.6 Å². The molecule has 0 bridgehead atoms. The molecule has 0 saturated heterocycles. The van der Waals surface area contributed by atoms with Crippen molar-refractivity contribution >= 4 is 11.6 Å². The van der Waals surface area contributed by atoms with Crippen LogP contribution in [0.3, 0.4) is 0 Å². The van der Waals surface area contributed by atoms with E-state index < -0.39 is 6.36 Å². The third-order valence-electron chi connectivity index (χ3n) is 1.91. The van der Waals surface area contributed by atoms with Crippen LogP contribution in [0.25, 0.3) is 0 Å². The highest BCUT2D eigenvalue weighted by Crippen LogP contribution is 2.22. The van der Waals surface area contributed by atoms with E-state index in [9.17, 15) is 13.2 Å². The molecule has 1 rings (SSSR count). The lowest BCUT2D eigenvalue weighted by molar-refractivity contribution is -0.274. The van der Waals surface area contributed by atoms with E-state index in [4.69, 9.17) is 11.6 Å². The molecule has 1 aromatic rings. The highest BCUT2D eigenvalue weighted by Gasteiger charge is 2.30. The summed E-state index contributed by atoms with van der Waals surface area (Å²) in [7, 11) is 0. The standard InChI is InChI=1S/C11H13ClF3NO/c1-8(12)6-16-7-9-2-4-10(5-3-9)17-11(13,14)15/h2-5,8,16H,6-7H2,1H3. The molecule has 1 N–H and O–H groups in total. The smallest absolute Gasteiger partial charge is 0.406 e. The monoisotopic (exact) mass is 267 g/mol. The maximum Gasteiger partial charge on any atom is 0.573 e. The number of alkyl halides is 4. The molecule has 0 amide bonds. The van der Waals surface area contributed by atoms with Gasteiger partial charge in [0.05, 0.1) is 0 Å². The van der Waals surface area contributed by atoms with Gasteiger partial charge in [-0.2, -0.15) is 0 Å². The van der Waals surface area contributed by atoms with E-state index in [1.165, 1.54) is 12.1 Å². The summed E-state index contributed by atoms with van der Waals surface area (Å²) in [6.07, 6.45) is -4.65. The van der Waals surface area contributed by atoms with Crippen molar-refractivity contribution in [2.24, 2.45) is 0 Å². The Morgan fingerprint density at radius 2 is 1.88 bits per heavy atom. The Morgan fingerprint density at radius 3 is 2.35 bits per heavy atom. The summed E-state index contributed by atoms with van der Waals surface area (Å²) in [4.78, 5) is 0. The largest absolute Gasteiger partial charge is 0.573 e. The van der Waals surface area contributed by atoms with Gasteiger partial charge in [-0.3, -0.25) is 0 Å². The van der Waals surface area contributed by atoms with Crippen LogP contribution in [0.4, 0.5) is 13.2 Å². The van der Waals surface area contributed by atoms with Gasteiger partial charge < -0.3 is 10.1 Å². The quantitative estimate of drug-likeness (QED) is 0.827. The Labute approximate surface area is 103 Å². The first-order valence-corrected chi connectivity index (χ1v) is 5.50. The number of hydrogen-bond donors (Lipinski definition) is 1. The van der Waals surface area contributed by atoms with Crippen molar-refractivity contribution < 1.29 is 17.9 Å². The number of halogens is 4. The van der Waals surface area contributed by atoms with Crippen molar-refractivity contribution in [2.45, 2.75) is 25.2 Å². The Bertz CT molecular complexity index is 338. The minimum Gasteiger partial charge on any atom is -0.406 e. The van der Waals surface area contributed by atoms with Gasteiger partial charge in [-0.1, -0.05) is 12.1 Å². The Morgan fingerprint density at radius 1 is 1.29 bits per heavy atom. The van der Waals surface area contributed by atoms with Gasteiger partial charge in [0.2, 0.25) is 0 Å². The van der Waals surface area contributed by atoms with Crippen molar-refractivity contribution in [1.82, 2.24) is 5.32 Å². The molecule has 2 nitrogen and oxygen atoms in total. The molecule has 17 heavy (non-hydrogen) atoms. The number of hydrogen-bond acceptors (Lipinski definition) is 2. The predicted octanol–water partition coefficient (Wildman–Crippen LogP) is 3.30. The van der Waals surface area contributed by atoms with Crippen molar-refractivity contribution in [3.63, 3.8) is 0 Å². The highest BCUT2D eigenvalue weighted by molar-refractivity contribution is 6.20. The molecule has 0 saturated carbocycles. The number of rotatable bonds is 5. The molecule has 0 spiro atoms. The second-order valence-corrected chi connectivity index (χ2v) is 4.35. The summed E-state index contributed by atoms with van der Waals surface area (Å²) in [5.41, 5.74) is 0.872. The predicted molar refractivity (Wildman–Crippen MR) is 60.1 cm³/mol. The molecular weight excluding hydrogens is 255 g/mol. The second kappa shape index (κ2) is 6.12. The maximum absolute atomic E-state index is 11.9. The molecule has 6 heteroatoms. The molecule has 0 radical (unpaired) electrons. The molecule has 1 aromatic carbocycles. The van der Waals surface area contributed by atoms with Crippen LogP contribution in [-0.2, 0) is 6.54 Å². The molecule has 0 aliphatic heterocycles. The zero-order valence-corrected chi connectivity index (χ0v) is 9.98. The zero-order valence-electron chi connectivity index (χ0n) is 9.22. The summed E-state index contributed by atoms with van der Waals surface area (Å²) in [5, 5.41) is 3.09. The van der Waals surface area contributed by atoms with Gasteiger partial charge in [0, 0.05) is 18.5 Å². The summed E-state index contributed by atoms with van der Waals surface area (Å²) in [6, 6.07) is 5.73. The fraction of sp³-hybridized carbons (Fsp3) is 0.455. The van der Waals surface area contributed by atoms with Crippen LogP contribution < -0.4 is 10.1 Å². The van der Waals surface area contributed by atoms with Gasteiger partial charge in [-0.05, 0) is 24.6 Å². The molecule has 0 aliphatic carbocycles. The second-order valence-electron chi connectivity index (χ2n) is 3.60. The fourth-order valence-electron chi connectivity index (χ4n) is 1.22. The molecule has 0 aliphatic rings. The SMILES string of the molecule is CC(Cl)CNCc1ccc(OC(F)(F)F)cc1. The van der Waals surface area contributed by atoms with Gasteiger partial charge in [-0.25, -0.2) is 0 Å². The van der Waals surface area contributed by atoms with E-state index in [1.54, 1.807) is 12.1 Å². The van der Waals surface area contributed by atoms with E-state index in [-0.39, 0.29) is 11.1 Å². The van der Waals surface area contributed by atoms with Crippen molar-refractivity contribution in [3.05, 3.63) is 29.8 Å². The maximum atomic E-state index is 11.9. The Hall–Kier alpha value is -0.940. The summed E-state index contributed by atoms with van der Waals surface area (Å²) < 4.78 is 39.4. The van der Waals surface area contributed by atoms with Crippen LogP contribution in [-0.4, -0.2) is 18.3 Å². The average molecular weight is 268 g/mol. The van der Waals surface area contributed by atoms with Crippen LogP contribution in [0.1, 0.15) is 12.5 Å². The zero-order chi connectivity index (χ0) is 12.9. The van der Waals surface area contributed by atoms with Crippen LogP contribution in [0, 0.1) is 0 Å². The fourth-order valence-corrected chi connectivity index (χ4v) is 1.33. The lowest BCUT2D eigenvalue weighted by atomic mass is 10.2. The van der Waals surface area contributed by atoms with Crippen LogP contribution in [0.15, 0.2) is 24.3 Å². The van der Waals surface area contributed by atoms with Crippen LogP contribution in [0.5, 0.6) is 5.75 Å². The first kappa shape index (κ1) is 14.1. The Kier molecular flexibility index (Phi) is 5.08. The van der Waals surface area contributed by atoms with E-state index in [0.717, 1.165) is 5.56 Å². The average Bonchev–Trinajstić information content (AvgIpc) is 2.18. The van der Waals surface area contributed by atoms with E-state index in [0.29, 0.717) is 13.1 Å². The summed E-state index contributed by atoms with van der Waals surface area (Å²) in [5.74, 6) is -0.216. The topological polar surface area (TPSA) is 21.3 Å². The molecule has 0 aromatic heterocycles. The number of benzene rings is 1. The van der Waals surface area contributed by atoms with E-state index in [1.807, 2.05) is 6.92 Å². The lowest BCUT2D eigenvalue weighted by Crippen LogP contribution is -2.20. The van der Waals surface area contributed by atoms with Gasteiger partial charge in [0.15, 0.2) is 0 Å². The first-order chi connectivity index (χ1) is 7.87. The summed E-state index contributed by atoms with van der Waals surface area (Å²) >= 11 is 5.73. The van der Waals surface area contributed by atoms with Gasteiger partial charge >= 0.3 is 6.36 Å². The molecule has 1 unspecified atom stereocenters. The minimum absolute atomic E-state index is 0.0165. The van der Waals surface area contributed by atoms with Crippen LogP contribution in [0.2, 0.25) is 0 Å². The summed E-state index contributed by atoms with van der Waals surface area (Å²) in [6.45, 7) is 3.06. The molecule has 0 heterocycles. The third-order valence-corrected chi connectivity index (χ3v) is 2.07. The first-order valence-electron chi connectivity index (χ1n) is 5.06. The van der Waals surface area contributed by atoms with Crippen molar-refractivity contribution in [2.75, 3.05) is 6.54 Å². The molecule has 0 fully saturated rings. The third kappa shape index (κ3) is 6.38. The Balaban J connectivity index is 2.45. The van der Waals surface area contributed by atoms with E-state index >= 15 is 0 Å². The van der Waals surface area contributed by atoms with Gasteiger partial charge in [0.1, 0.15) is 5.75 Å². The highest BCUT2D eigenvalue weighted by atomic mass is 35.5. The lowest BCUT2D eigenvalue weighted by Gasteiger charge is -2.10. The van der Waals surface area contributed by atoms with Crippen molar-refractivity contribution in [3.8, 4) is 5.75 Å². The molecule has 1 atom stereocenters. The van der Waals surface area contributed by atoms with Gasteiger partial charge in [0.25, 0.3) is 0 Å². The number of nitrogens with one attached hydrogen (secondary N) is 1. The normalized spacial score (nSPS) is 13.5. The minimum atomic E-state index is -4.65.